The van der Waals surface area contributed by atoms with Gasteiger partial charge in [0.1, 0.15) is 44.7 Å². The number of benzene rings is 14. The molecular formula is C96H66BClN6O6. The zero-order valence-corrected chi connectivity index (χ0v) is 61.0. The van der Waals surface area contributed by atoms with Crippen molar-refractivity contribution in [2.75, 3.05) is 0 Å². The Kier molecular flexibility index (Phi) is 16.9. The van der Waals surface area contributed by atoms with Crippen LogP contribution in [0, 0.1) is 0 Å². The van der Waals surface area contributed by atoms with Crippen LogP contribution in [0.5, 0.6) is 0 Å². The molecule has 6 aromatic heterocycles. The molecule has 1 aliphatic heterocycles. The molecule has 14 heteroatoms. The Balaban J connectivity index is 0.000000119. The highest BCUT2D eigenvalue weighted by Crippen LogP contribution is 2.43. The number of aromatic nitrogens is 6. The lowest BCUT2D eigenvalue weighted by Gasteiger charge is -2.32. The van der Waals surface area contributed by atoms with Crippen molar-refractivity contribution in [3.63, 3.8) is 0 Å². The van der Waals surface area contributed by atoms with Gasteiger partial charge in [0, 0.05) is 82.0 Å². The van der Waals surface area contributed by atoms with E-state index in [1.54, 1.807) is 0 Å². The third-order valence-electron chi connectivity index (χ3n) is 20.9. The normalized spacial score (nSPS) is 13.2. The van der Waals surface area contributed by atoms with Gasteiger partial charge in [-0.3, -0.25) is 0 Å². The highest BCUT2D eigenvalue weighted by molar-refractivity contribution is 6.62. The second-order valence-corrected chi connectivity index (χ2v) is 28.8. The Hall–Kier alpha value is -13.4. The van der Waals surface area contributed by atoms with Crippen molar-refractivity contribution < 1.29 is 27.0 Å². The topological polar surface area (TPSA) is 148 Å². The minimum Gasteiger partial charge on any atom is -0.456 e. The summed E-state index contributed by atoms with van der Waals surface area (Å²) in [6, 6.07) is 111. The van der Waals surface area contributed by atoms with Crippen LogP contribution in [0.2, 0.25) is 5.28 Å². The molecule has 21 rings (SSSR count). The van der Waals surface area contributed by atoms with Gasteiger partial charge < -0.3 is 27.0 Å². The third kappa shape index (κ3) is 12.7. The SMILES string of the molecule is CC1(C)OB(c2ccc3c(c2)oc2cc(-c4cccc5c4oc4ccccc45)ccc23)OC1(C)C.Clc1nc(-c2ccccc2)nc(-c2cccc(-c3ccccc3)c2)n1.c1ccc(-c2cccc(-c3nc(-c4ccccc4)nc(-c4ccc5c(c4)oc4cc(-c6cccc7c6oc6ccccc67)ccc45)n3)c2)cc1. The summed E-state index contributed by atoms with van der Waals surface area (Å²) >= 11 is 6.14. The molecule has 0 spiro atoms. The van der Waals surface area contributed by atoms with E-state index in [9.17, 15) is 0 Å². The van der Waals surface area contributed by atoms with Crippen molar-refractivity contribution in [1.29, 1.82) is 0 Å². The largest absolute Gasteiger partial charge is 0.494 e. The monoisotopic (exact) mass is 1440 g/mol. The molecule has 110 heavy (non-hydrogen) atoms. The van der Waals surface area contributed by atoms with Crippen molar-refractivity contribution in [2.24, 2.45) is 0 Å². The van der Waals surface area contributed by atoms with E-state index in [4.69, 9.17) is 53.5 Å². The average molecular weight is 1450 g/mol. The summed E-state index contributed by atoms with van der Waals surface area (Å²) in [4.78, 5) is 28.1. The quantitative estimate of drug-likeness (QED) is 0.120. The number of fused-ring (bicyclic) bond motifs is 12. The Bertz CT molecular complexity index is 6880. The molecule has 1 aliphatic rings. The summed E-state index contributed by atoms with van der Waals surface area (Å²) in [5.41, 5.74) is 20.2. The molecule has 0 bridgehead atoms. The number of para-hydroxylation sites is 4. The van der Waals surface area contributed by atoms with E-state index in [0.29, 0.717) is 29.1 Å². The molecule has 1 fully saturated rings. The van der Waals surface area contributed by atoms with Crippen molar-refractivity contribution in [1.82, 2.24) is 29.9 Å². The van der Waals surface area contributed by atoms with Crippen LogP contribution in [0.1, 0.15) is 27.7 Å². The van der Waals surface area contributed by atoms with Gasteiger partial charge >= 0.3 is 7.12 Å². The predicted molar refractivity (Wildman–Crippen MR) is 445 cm³/mol. The van der Waals surface area contributed by atoms with Gasteiger partial charge in [0.2, 0.25) is 5.28 Å². The first kappa shape index (κ1) is 67.2. The van der Waals surface area contributed by atoms with Gasteiger partial charge in [0.25, 0.3) is 0 Å². The van der Waals surface area contributed by atoms with Crippen LogP contribution >= 0.6 is 11.6 Å². The third-order valence-corrected chi connectivity index (χ3v) is 21.1. The first-order valence-electron chi connectivity index (χ1n) is 36.6. The van der Waals surface area contributed by atoms with Gasteiger partial charge in [0.05, 0.1) is 11.2 Å². The molecule has 0 amide bonds. The predicted octanol–water partition coefficient (Wildman–Crippen LogP) is 25.0. The van der Waals surface area contributed by atoms with Gasteiger partial charge in [0.15, 0.2) is 29.1 Å². The molecule has 0 aliphatic carbocycles. The lowest BCUT2D eigenvalue weighted by molar-refractivity contribution is 0.00578. The van der Waals surface area contributed by atoms with Crippen LogP contribution in [-0.4, -0.2) is 48.2 Å². The first-order chi connectivity index (χ1) is 53.8. The van der Waals surface area contributed by atoms with Crippen LogP contribution < -0.4 is 5.46 Å². The maximum atomic E-state index is 6.54. The molecule has 0 N–H and O–H groups in total. The van der Waals surface area contributed by atoms with Gasteiger partial charge in [-0.25, -0.2) is 19.9 Å². The fraction of sp³-hybridized carbons (Fsp3) is 0.0625. The van der Waals surface area contributed by atoms with E-state index >= 15 is 0 Å². The van der Waals surface area contributed by atoms with Crippen LogP contribution in [0.15, 0.2) is 345 Å². The van der Waals surface area contributed by atoms with Crippen LogP contribution in [0.4, 0.5) is 0 Å². The lowest BCUT2D eigenvalue weighted by Crippen LogP contribution is -2.41. The van der Waals surface area contributed by atoms with Crippen LogP contribution in [0.3, 0.4) is 0 Å². The smallest absolute Gasteiger partial charge is 0.456 e. The minimum absolute atomic E-state index is 0.189. The number of hydrogen-bond donors (Lipinski definition) is 0. The molecular weight excluding hydrogens is 1380 g/mol. The zero-order chi connectivity index (χ0) is 74.0. The Labute approximate surface area is 638 Å². The number of nitrogens with zero attached hydrogens (tertiary/aromatic N) is 6. The molecule has 12 nitrogen and oxygen atoms in total. The molecule has 14 aromatic carbocycles. The molecule has 20 aromatic rings. The highest BCUT2D eigenvalue weighted by Gasteiger charge is 2.52. The lowest BCUT2D eigenvalue weighted by atomic mass is 9.79. The van der Waals surface area contributed by atoms with Crippen molar-refractivity contribution in [3.05, 3.63) is 333 Å². The summed E-state index contributed by atoms with van der Waals surface area (Å²) in [6.45, 7) is 8.27. The molecule has 1 saturated heterocycles. The van der Waals surface area contributed by atoms with E-state index in [1.165, 1.54) is 0 Å². The van der Waals surface area contributed by atoms with E-state index < -0.39 is 7.12 Å². The number of hydrogen-bond acceptors (Lipinski definition) is 12. The number of rotatable bonds is 10. The Morgan fingerprint density at radius 1 is 0.236 bits per heavy atom. The molecule has 526 valence electrons. The second kappa shape index (κ2) is 27.7. The van der Waals surface area contributed by atoms with E-state index in [2.05, 4.69) is 200 Å². The summed E-state index contributed by atoms with van der Waals surface area (Å²) in [6.07, 6.45) is 0. The average Bonchev–Trinajstić information content (AvgIpc) is 1.60. The maximum absolute atomic E-state index is 6.54. The van der Waals surface area contributed by atoms with Crippen LogP contribution in [0.25, 0.3) is 189 Å². The standard InChI is InChI=1S/C45H27N3O2.C30H25BO4.C21H14ClN3/c1-3-11-28(12-4-1)30-15-9-16-32(25-30)44-46-43(29-13-5-2-6-14-29)47-45(48-44)33-22-24-37-36-23-21-31(26-40(36)49-41(37)27-33)34-18-10-19-38-35-17-7-8-20-39(35)50-42(34)38;1-29(2)30(3,4)35-31(34-29)19-13-15-23-22-14-12-18(16-26(22)32-27(23)17-19)20-9-7-10-24-21-8-5-6-11-25(21)33-28(20)24;22-21-24-19(16-10-5-2-6-11-16)23-20(25-21)18-13-7-12-17(14-18)15-8-3-1-4-9-15/h1-27H;5-17H,1-4H3;1-14H. The van der Waals surface area contributed by atoms with E-state index in [1.807, 2.05) is 170 Å². The van der Waals surface area contributed by atoms with Gasteiger partial charge in [-0.1, -0.05) is 261 Å². The van der Waals surface area contributed by atoms with Crippen molar-refractivity contribution in [3.8, 4) is 101 Å². The molecule has 0 saturated carbocycles. The van der Waals surface area contributed by atoms with Crippen LogP contribution in [-0.2, 0) is 9.31 Å². The van der Waals surface area contributed by atoms with Gasteiger partial charge in [-0.05, 0) is 145 Å². The fourth-order valence-electron chi connectivity index (χ4n) is 14.6. The fourth-order valence-corrected chi connectivity index (χ4v) is 14.8. The number of furan rings is 4. The van der Waals surface area contributed by atoms with E-state index in [-0.39, 0.29) is 16.5 Å². The summed E-state index contributed by atoms with van der Waals surface area (Å²) in [5.74, 6) is 2.95. The molecule has 0 unspecified atom stereocenters. The second-order valence-electron chi connectivity index (χ2n) is 28.4. The summed E-state index contributed by atoms with van der Waals surface area (Å²) in [5, 5.41) is 8.90. The Morgan fingerprint density at radius 3 is 1.00 bits per heavy atom. The van der Waals surface area contributed by atoms with Crippen molar-refractivity contribution >= 4 is 112 Å². The summed E-state index contributed by atoms with van der Waals surface area (Å²) in [7, 11) is -0.418. The minimum atomic E-state index is -0.418. The summed E-state index contributed by atoms with van der Waals surface area (Å²) < 4.78 is 38.0. The first-order valence-corrected chi connectivity index (χ1v) is 36.9. The van der Waals surface area contributed by atoms with Crippen molar-refractivity contribution in [2.45, 2.75) is 38.9 Å². The van der Waals surface area contributed by atoms with E-state index in [0.717, 1.165) is 166 Å². The molecule has 7 heterocycles. The maximum Gasteiger partial charge on any atom is 0.494 e. The molecule has 0 radical (unpaired) electrons. The number of halogens is 1. The van der Waals surface area contributed by atoms with Gasteiger partial charge in [-0.2, -0.15) is 9.97 Å². The molecule has 0 atom stereocenters. The zero-order valence-electron chi connectivity index (χ0n) is 60.3. The van der Waals surface area contributed by atoms with Gasteiger partial charge in [-0.15, -0.1) is 0 Å². The highest BCUT2D eigenvalue weighted by atomic mass is 35.5. The Morgan fingerprint density at radius 2 is 0.545 bits per heavy atom.